The largest absolute Gasteiger partial charge is 0.316 e. The first-order chi connectivity index (χ1) is 8.10. The van der Waals surface area contributed by atoms with E-state index in [0.717, 1.165) is 30.8 Å². The van der Waals surface area contributed by atoms with Crippen molar-refractivity contribution in [1.29, 1.82) is 0 Å². The van der Waals surface area contributed by atoms with Gasteiger partial charge in [-0.25, -0.2) is 4.39 Å². The summed E-state index contributed by atoms with van der Waals surface area (Å²) in [5, 5.41) is 3.31. The lowest BCUT2D eigenvalue weighted by atomic mass is 10.1. The molecule has 3 heteroatoms. The molecule has 1 atom stereocenters. The van der Waals surface area contributed by atoms with Crippen LogP contribution in [-0.2, 0) is 6.54 Å². The Morgan fingerprint density at radius 1 is 1.35 bits per heavy atom. The van der Waals surface area contributed by atoms with Crippen molar-refractivity contribution in [3.63, 3.8) is 0 Å². The lowest BCUT2D eigenvalue weighted by Gasteiger charge is -2.17. The van der Waals surface area contributed by atoms with Crippen LogP contribution in [0.15, 0.2) is 12.1 Å². The van der Waals surface area contributed by atoms with E-state index in [1.807, 2.05) is 33.0 Å². The Kier molecular flexibility index (Phi) is 3.79. The molecule has 1 N–H and O–H groups in total. The predicted octanol–water partition coefficient (Wildman–Crippen LogP) is 2.24. The van der Waals surface area contributed by atoms with Gasteiger partial charge in [-0.15, -0.1) is 0 Å². The average molecular weight is 236 g/mol. The number of nitrogens with one attached hydrogen (secondary N) is 1. The number of hydrogen-bond donors (Lipinski definition) is 1. The molecule has 1 unspecified atom stereocenters. The summed E-state index contributed by atoms with van der Waals surface area (Å²) in [7, 11) is 2.01. The molecule has 94 valence electrons. The molecule has 1 aromatic carbocycles. The molecule has 0 aromatic heterocycles. The summed E-state index contributed by atoms with van der Waals surface area (Å²) in [6, 6.07) is 4.54. The van der Waals surface area contributed by atoms with Crippen LogP contribution in [0.3, 0.4) is 0 Å². The SMILES string of the molecule is CNC1CCN(Cc2cc(C)c(F)c(C)c2)C1. The number of likely N-dealkylation sites (tertiary alicyclic amines) is 1. The monoisotopic (exact) mass is 236 g/mol. The van der Waals surface area contributed by atoms with E-state index in [9.17, 15) is 4.39 Å². The van der Waals surface area contributed by atoms with Crippen molar-refractivity contribution in [3.05, 3.63) is 34.6 Å². The van der Waals surface area contributed by atoms with Gasteiger partial charge in [0.25, 0.3) is 0 Å². The molecule has 0 aliphatic carbocycles. The second kappa shape index (κ2) is 5.15. The number of aryl methyl sites for hydroxylation is 2. The Morgan fingerprint density at radius 2 is 2.00 bits per heavy atom. The van der Waals surface area contributed by atoms with Crippen molar-refractivity contribution in [3.8, 4) is 0 Å². The second-order valence-corrected chi connectivity index (χ2v) is 5.05. The van der Waals surface area contributed by atoms with Gasteiger partial charge in [0, 0.05) is 25.7 Å². The van der Waals surface area contributed by atoms with Gasteiger partial charge in [-0.05, 0) is 44.0 Å². The molecule has 2 nitrogen and oxygen atoms in total. The number of nitrogens with zero attached hydrogens (tertiary/aromatic N) is 1. The molecule has 1 aromatic rings. The predicted molar refractivity (Wildman–Crippen MR) is 68.6 cm³/mol. The first kappa shape index (κ1) is 12.5. The minimum atomic E-state index is -0.0664. The lowest BCUT2D eigenvalue weighted by Crippen LogP contribution is -2.29. The summed E-state index contributed by atoms with van der Waals surface area (Å²) in [6.45, 7) is 6.82. The average Bonchev–Trinajstić information content (AvgIpc) is 2.73. The fourth-order valence-electron chi connectivity index (χ4n) is 2.60. The van der Waals surface area contributed by atoms with Gasteiger partial charge in [-0.1, -0.05) is 12.1 Å². The van der Waals surface area contributed by atoms with E-state index in [2.05, 4.69) is 10.2 Å². The molecule has 0 amide bonds. The highest BCUT2D eigenvalue weighted by molar-refractivity contribution is 5.30. The van der Waals surface area contributed by atoms with Gasteiger partial charge >= 0.3 is 0 Å². The molecule has 1 aliphatic heterocycles. The molecule has 1 fully saturated rings. The van der Waals surface area contributed by atoms with Crippen LogP contribution in [0.25, 0.3) is 0 Å². The second-order valence-electron chi connectivity index (χ2n) is 5.05. The van der Waals surface area contributed by atoms with Crippen molar-refractivity contribution < 1.29 is 4.39 Å². The maximum Gasteiger partial charge on any atom is 0.129 e. The van der Waals surface area contributed by atoms with Crippen LogP contribution in [0.1, 0.15) is 23.1 Å². The third-order valence-corrected chi connectivity index (χ3v) is 3.58. The summed E-state index contributed by atoms with van der Waals surface area (Å²) >= 11 is 0. The van der Waals surface area contributed by atoms with Crippen LogP contribution in [0, 0.1) is 19.7 Å². The summed E-state index contributed by atoms with van der Waals surface area (Å²) in [5.74, 6) is -0.0664. The molecule has 0 spiro atoms. The highest BCUT2D eigenvalue weighted by atomic mass is 19.1. The molecule has 17 heavy (non-hydrogen) atoms. The lowest BCUT2D eigenvalue weighted by molar-refractivity contribution is 0.322. The smallest absolute Gasteiger partial charge is 0.129 e. The van der Waals surface area contributed by atoms with Crippen molar-refractivity contribution in [2.75, 3.05) is 20.1 Å². The molecule has 0 saturated carbocycles. The van der Waals surface area contributed by atoms with E-state index in [0.29, 0.717) is 6.04 Å². The van der Waals surface area contributed by atoms with Crippen LogP contribution >= 0.6 is 0 Å². The van der Waals surface area contributed by atoms with Gasteiger partial charge in [0.05, 0.1) is 0 Å². The van der Waals surface area contributed by atoms with E-state index in [1.54, 1.807) is 0 Å². The number of halogens is 1. The third-order valence-electron chi connectivity index (χ3n) is 3.58. The van der Waals surface area contributed by atoms with Gasteiger partial charge in [0.15, 0.2) is 0 Å². The number of benzene rings is 1. The van der Waals surface area contributed by atoms with E-state index in [4.69, 9.17) is 0 Å². The van der Waals surface area contributed by atoms with Crippen LogP contribution < -0.4 is 5.32 Å². The molecule has 1 heterocycles. The number of rotatable bonds is 3. The topological polar surface area (TPSA) is 15.3 Å². The van der Waals surface area contributed by atoms with Crippen molar-refractivity contribution in [2.24, 2.45) is 0 Å². The fourth-order valence-corrected chi connectivity index (χ4v) is 2.60. The summed E-state index contributed by atoms with van der Waals surface area (Å²) < 4.78 is 13.5. The Labute approximate surface area is 103 Å². The summed E-state index contributed by atoms with van der Waals surface area (Å²) in [5.41, 5.74) is 2.73. The third kappa shape index (κ3) is 2.85. The summed E-state index contributed by atoms with van der Waals surface area (Å²) in [4.78, 5) is 2.42. The van der Waals surface area contributed by atoms with Crippen LogP contribution in [-0.4, -0.2) is 31.1 Å². The van der Waals surface area contributed by atoms with Gasteiger partial charge in [0.2, 0.25) is 0 Å². The quantitative estimate of drug-likeness (QED) is 0.866. The van der Waals surface area contributed by atoms with Gasteiger partial charge in [-0.2, -0.15) is 0 Å². The first-order valence-electron chi connectivity index (χ1n) is 6.25. The number of likely N-dealkylation sites (N-methyl/N-ethyl adjacent to an activating group) is 1. The highest BCUT2D eigenvalue weighted by Gasteiger charge is 2.20. The maximum atomic E-state index is 13.5. The van der Waals surface area contributed by atoms with Crippen LogP contribution in [0.5, 0.6) is 0 Å². The molecular formula is C14H21FN2. The minimum Gasteiger partial charge on any atom is -0.316 e. The minimum absolute atomic E-state index is 0.0664. The highest BCUT2D eigenvalue weighted by Crippen LogP contribution is 2.18. The zero-order valence-electron chi connectivity index (χ0n) is 10.9. The molecule has 0 bridgehead atoms. The Bertz CT molecular complexity index is 380. The van der Waals surface area contributed by atoms with Gasteiger partial charge in [0.1, 0.15) is 5.82 Å². The number of hydrogen-bond acceptors (Lipinski definition) is 2. The van der Waals surface area contributed by atoms with Gasteiger partial charge in [-0.3, -0.25) is 4.90 Å². The maximum absolute atomic E-state index is 13.5. The first-order valence-corrected chi connectivity index (χ1v) is 6.25. The Balaban J connectivity index is 2.04. The zero-order valence-corrected chi connectivity index (χ0v) is 10.9. The fraction of sp³-hybridized carbons (Fsp3) is 0.571. The van der Waals surface area contributed by atoms with Crippen LogP contribution in [0.2, 0.25) is 0 Å². The van der Waals surface area contributed by atoms with E-state index < -0.39 is 0 Å². The molecule has 0 radical (unpaired) electrons. The van der Waals surface area contributed by atoms with Crippen LogP contribution in [0.4, 0.5) is 4.39 Å². The van der Waals surface area contributed by atoms with Crippen molar-refractivity contribution in [2.45, 2.75) is 32.9 Å². The molecule has 1 saturated heterocycles. The zero-order chi connectivity index (χ0) is 12.4. The van der Waals surface area contributed by atoms with E-state index in [-0.39, 0.29) is 5.82 Å². The molecule has 1 aliphatic rings. The van der Waals surface area contributed by atoms with E-state index in [1.165, 1.54) is 12.0 Å². The Morgan fingerprint density at radius 3 is 2.53 bits per heavy atom. The van der Waals surface area contributed by atoms with Crippen molar-refractivity contribution >= 4 is 0 Å². The molecular weight excluding hydrogens is 215 g/mol. The standard InChI is InChI=1S/C14H21FN2/c1-10-6-12(7-11(2)14(10)15)8-17-5-4-13(9-17)16-3/h6-7,13,16H,4-5,8-9H2,1-3H3. The van der Waals surface area contributed by atoms with E-state index >= 15 is 0 Å². The van der Waals surface area contributed by atoms with Crippen molar-refractivity contribution in [1.82, 2.24) is 10.2 Å². The normalized spacial score (nSPS) is 21.1. The molecule has 2 rings (SSSR count). The van der Waals surface area contributed by atoms with Gasteiger partial charge < -0.3 is 5.32 Å². The Hall–Kier alpha value is -0.930. The summed E-state index contributed by atoms with van der Waals surface area (Å²) in [6.07, 6.45) is 1.20.